The fourth-order valence-electron chi connectivity index (χ4n) is 0.682. The van der Waals surface area contributed by atoms with Crippen LogP contribution in [0.5, 0.6) is 0 Å². The molecule has 4 heteroatoms. The van der Waals surface area contributed by atoms with Gasteiger partial charge in [0.1, 0.15) is 4.84 Å². The van der Waals surface area contributed by atoms with Crippen molar-refractivity contribution in [3.05, 3.63) is 32.4 Å². The maximum Gasteiger partial charge on any atom is 0.134 e. The summed E-state index contributed by atoms with van der Waals surface area (Å²) in [6.07, 6.45) is 0. The minimum Gasteiger partial charge on any atom is -0.100 e. The van der Waals surface area contributed by atoms with Gasteiger partial charge >= 0.3 is 0 Å². The molecule has 0 saturated carbocycles. The summed E-state index contributed by atoms with van der Waals surface area (Å²) >= 11 is 19.3. The molecule has 0 fully saturated rings. The van der Waals surface area contributed by atoms with Crippen molar-refractivity contribution in [2.24, 2.45) is 0 Å². The summed E-state index contributed by atoms with van der Waals surface area (Å²) in [5.74, 6) is 0. The van der Waals surface area contributed by atoms with E-state index < -0.39 is 4.84 Å². The van der Waals surface area contributed by atoms with Gasteiger partial charge in [-0.1, -0.05) is 11.6 Å². The Morgan fingerprint density at radius 3 is 2.36 bits per heavy atom. The molecule has 0 aliphatic heterocycles. The van der Waals surface area contributed by atoms with E-state index in [2.05, 4.69) is 22.6 Å². The van der Waals surface area contributed by atoms with Crippen LogP contribution in [0.3, 0.4) is 0 Å². The van der Waals surface area contributed by atoms with Crippen molar-refractivity contribution in [3.63, 3.8) is 0 Å². The minimum absolute atomic E-state index is 0.544. The SMILES string of the molecule is Clc1ccc(I)cc1C(Cl)Cl. The first-order valence-electron chi connectivity index (χ1n) is 2.84. The Kier molecular flexibility index (Phi) is 3.75. The molecule has 0 spiro atoms. The van der Waals surface area contributed by atoms with Crippen molar-refractivity contribution in [1.29, 1.82) is 0 Å². The van der Waals surface area contributed by atoms with Crippen LogP contribution in [-0.4, -0.2) is 0 Å². The second-order valence-corrected chi connectivity index (χ2v) is 4.72. The average molecular weight is 321 g/mol. The molecule has 60 valence electrons. The molecule has 0 heterocycles. The van der Waals surface area contributed by atoms with Crippen LogP contribution in [0.1, 0.15) is 10.4 Å². The van der Waals surface area contributed by atoms with Crippen molar-refractivity contribution in [2.45, 2.75) is 4.84 Å². The molecular weight excluding hydrogens is 317 g/mol. The molecule has 0 unspecified atom stereocenters. The highest BCUT2D eigenvalue weighted by atomic mass is 127. The Morgan fingerprint density at radius 1 is 1.27 bits per heavy atom. The van der Waals surface area contributed by atoms with E-state index in [1.807, 2.05) is 12.1 Å². The minimum atomic E-state index is -0.544. The molecule has 0 aliphatic carbocycles. The van der Waals surface area contributed by atoms with Gasteiger partial charge in [-0.05, 0) is 40.8 Å². The van der Waals surface area contributed by atoms with Crippen molar-refractivity contribution < 1.29 is 0 Å². The molecule has 0 amide bonds. The molecular formula is C7H4Cl3I. The van der Waals surface area contributed by atoms with Crippen LogP contribution in [-0.2, 0) is 0 Å². The molecule has 0 nitrogen and oxygen atoms in total. The lowest BCUT2D eigenvalue weighted by Gasteiger charge is -2.03. The van der Waals surface area contributed by atoms with E-state index in [4.69, 9.17) is 34.8 Å². The van der Waals surface area contributed by atoms with E-state index in [0.717, 1.165) is 9.13 Å². The normalized spacial score (nSPS) is 10.6. The monoisotopic (exact) mass is 320 g/mol. The zero-order valence-electron chi connectivity index (χ0n) is 5.32. The van der Waals surface area contributed by atoms with Gasteiger partial charge in [0.05, 0.1) is 0 Å². The third-order valence-electron chi connectivity index (χ3n) is 1.19. The molecule has 11 heavy (non-hydrogen) atoms. The predicted molar refractivity (Wildman–Crippen MR) is 58.6 cm³/mol. The van der Waals surface area contributed by atoms with E-state index in [9.17, 15) is 0 Å². The molecule has 0 aromatic heterocycles. The van der Waals surface area contributed by atoms with E-state index >= 15 is 0 Å². The van der Waals surface area contributed by atoms with Crippen LogP contribution in [0, 0.1) is 3.57 Å². The molecule has 0 radical (unpaired) electrons. The number of rotatable bonds is 1. The van der Waals surface area contributed by atoms with Crippen molar-refractivity contribution in [3.8, 4) is 0 Å². The van der Waals surface area contributed by atoms with Gasteiger partial charge in [0, 0.05) is 14.2 Å². The standard InChI is InChI=1S/C7H4Cl3I/c8-6-2-1-4(11)3-5(6)7(9)10/h1-3,7H. The summed E-state index contributed by atoms with van der Waals surface area (Å²) in [5.41, 5.74) is 0.766. The summed E-state index contributed by atoms with van der Waals surface area (Å²) in [6.45, 7) is 0. The van der Waals surface area contributed by atoms with Crippen LogP contribution in [0.2, 0.25) is 5.02 Å². The highest BCUT2D eigenvalue weighted by Gasteiger charge is 2.07. The van der Waals surface area contributed by atoms with E-state index in [-0.39, 0.29) is 0 Å². The Bertz CT molecular complexity index is 260. The van der Waals surface area contributed by atoms with Crippen LogP contribution in [0.4, 0.5) is 0 Å². The molecule has 1 aromatic rings. The fraction of sp³-hybridized carbons (Fsp3) is 0.143. The second kappa shape index (κ2) is 4.17. The zero-order chi connectivity index (χ0) is 8.43. The van der Waals surface area contributed by atoms with Crippen molar-refractivity contribution >= 4 is 57.4 Å². The predicted octanol–water partition coefficient (Wildman–Crippen LogP) is 4.42. The third-order valence-corrected chi connectivity index (χ3v) is 2.68. The lowest BCUT2D eigenvalue weighted by molar-refractivity contribution is 1.34. The van der Waals surface area contributed by atoms with E-state index in [1.54, 1.807) is 6.07 Å². The first-order valence-corrected chi connectivity index (χ1v) is 5.17. The van der Waals surface area contributed by atoms with E-state index in [1.165, 1.54) is 0 Å². The van der Waals surface area contributed by atoms with Crippen LogP contribution in [0.15, 0.2) is 18.2 Å². The highest BCUT2D eigenvalue weighted by molar-refractivity contribution is 14.1. The van der Waals surface area contributed by atoms with Crippen molar-refractivity contribution in [1.82, 2.24) is 0 Å². The Hall–Kier alpha value is 0.820. The summed E-state index contributed by atoms with van der Waals surface area (Å²) in [7, 11) is 0. The number of hydrogen-bond acceptors (Lipinski definition) is 0. The van der Waals surface area contributed by atoms with Gasteiger partial charge in [0.2, 0.25) is 0 Å². The Balaban J connectivity index is 3.13. The summed E-state index contributed by atoms with van der Waals surface area (Å²) in [6, 6.07) is 5.56. The van der Waals surface area contributed by atoms with Gasteiger partial charge < -0.3 is 0 Å². The first kappa shape index (κ1) is 9.90. The average Bonchev–Trinajstić information content (AvgIpc) is 1.94. The molecule has 0 saturated heterocycles. The number of alkyl halides is 2. The molecule has 0 N–H and O–H groups in total. The number of hydrogen-bond donors (Lipinski definition) is 0. The quantitative estimate of drug-likeness (QED) is 0.530. The van der Waals surface area contributed by atoms with E-state index in [0.29, 0.717) is 5.02 Å². The second-order valence-electron chi connectivity index (χ2n) is 1.97. The van der Waals surface area contributed by atoms with Gasteiger partial charge in [-0.25, -0.2) is 0 Å². The number of benzene rings is 1. The fourth-order valence-corrected chi connectivity index (χ4v) is 1.90. The third kappa shape index (κ3) is 2.65. The van der Waals surface area contributed by atoms with Crippen molar-refractivity contribution in [2.75, 3.05) is 0 Å². The topological polar surface area (TPSA) is 0 Å². The van der Waals surface area contributed by atoms with Gasteiger partial charge in [-0.2, -0.15) is 0 Å². The first-order chi connectivity index (χ1) is 5.11. The van der Waals surface area contributed by atoms with Gasteiger partial charge in [-0.3, -0.25) is 0 Å². The maximum atomic E-state index is 5.82. The highest BCUT2D eigenvalue weighted by Crippen LogP contribution is 2.31. The zero-order valence-corrected chi connectivity index (χ0v) is 9.75. The Labute approximate surface area is 94.0 Å². The summed E-state index contributed by atoms with van der Waals surface area (Å²) in [5, 5.41) is 0.611. The Morgan fingerprint density at radius 2 is 1.91 bits per heavy atom. The lowest BCUT2D eigenvalue weighted by atomic mass is 10.2. The molecule has 0 atom stereocenters. The van der Waals surface area contributed by atoms with Crippen LogP contribution < -0.4 is 0 Å². The largest absolute Gasteiger partial charge is 0.134 e. The molecule has 1 aromatic carbocycles. The maximum absolute atomic E-state index is 5.82. The van der Waals surface area contributed by atoms with Crippen LogP contribution >= 0.6 is 57.4 Å². The van der Waals surface area contributed by atoms with Gasteiger partial charge in [-0.15, -0.1) is 23.2 Å². The molecule has 1 rings (SSSR count). The molecule has 0 aliphatic rings. The van der Waals surface area contributed by atoms with Gasteiger partial charge in [0.15, 0.2) is 0 Å². The molecule has 0 bridgehead atoms. The lowest BCUT2D eigenvalue weighted by Crippen LogP contribution is -1.84. The summed E-state index contributed by atoms with van der Waals surface area (Å²) in [4.78, 5) is -0.544. The van der Waals surface area contributed by atoms with Gasteiger partial charge in [0.25, 0.3) is 0 Å². The van der Waals surface area contributed by atoms with Crippen LogP contribution in [0.25, 0.3) is 0 Å². The smallest absolute Gasteiger partial charge is 0.100 e. The summed E-state index contributed by atoms with van der Waals surface area (Å²) < 4.78 is 1.08. The number of halogens is 4.